The van der Waals surface area contributed by atoms with E-state index in [-0.39, 0.29) is 11.5 Å². The third-order valence-corrected chi connectivity index (χ3v) is 6.45. The number of fused-ring (bicyclic) bond motifs is 2. The summed E-state index contributed by atoms with van der Waals surface area (Å²) in [7, 11) is 1.75. The topological polar surface area (TPSA) is 55.2 Å². The number of benzene rings is 3. The Hall–Kier alpha value is -2.78. The lowest BCUT2D eigenvalue weighted by Gasteiger charge is -2.12. The van der Waals surface area contributed by atoms with Crippen LogP contribution in [0.1, 0.15) is 11.4 Å². The van der Waals surface area contributed by atoms with Crippen LogP contribution in [0.3, 0.4) is 0 Å². The van der Waals surface area contributed by atoms with E-state index in [0.29, 0.717) is 28.0 Å². The zero-order chi connectivity index (χ0) is 21.7. The van der Waals surface area contributed by atoms with Crippen molar-refractivity contribution in [3.63, 3.8) is 0 Å². The first-order valence-electron chi connectivity index (χ1n) is 9.51. The van der Waals surface area contributed by atoms with E-state index in [1.54, 1.807) is 22.6 Å². The Morgan fingerprint density at radius 2 is 1.77 bits per heavy atom. The van der Waals surface area contributed by atoms with Gasteiger partial charge in [-0.05, 0) is 77.2 Å². The third-order valence-electron chi connectivity index (χ3n) is 5.29. The molecule has 5 rings (SSSR count). The third kappa shape index (κ3) is 3.41. The van der Waals surface area contributed by atoms with E-state index in [4.69, 9.17) is 4.98 Å². The lowest BCUT2D eigenvalue weighted by Crippen LogP contribution is -2.23. The van der Waals surface area contributed by atoms with Gasteiger partial charge in [-0.15, -0.1) is 0 Å². The van der Waals surface area contributed by atoms with Crippen LogP contribution in [-0.4, -0.2) is 22.5 Å². The van der Waals surface area contributed by atoms with Crippen LogP contribution in [0.2, 0.25) is 0 Å². The van der Waals surface area contributed by atoms with E-state index in [9.17, 15) is 9.59 Å². The second-order valence-electron chi connectivity index (χ2n) is 7.19. The molecule has 3 aromatic carbocycles. The standard InChI is InChI=1S/C24H15BrIN3O2/c1-28-21-10-7-14(25)11-17(21)18(23(28)30)13-22-27-20-9-8-15(26)12-19(20)24(31)29(22)16-5-3-2-4-6-16/h2-13H,1H3/b18-13-. The number of hydrogen-bond donors (Lipinski definition) is 0. The van der Waals surface area contributed by atoms with E-state index in [1.807, 2.05) is 66.7 Å². The van der Waals surface area contributed by atoms with Crippen LogP contribution in [0, 0.1) is 3.57 Å². The molecule has 1 amide bonds. The Morgan fingerprint density at radius 1 is 1.00 bits per heavy atom. The number of likely N-dealkylation sites (N-methyl/N-ethyl adjacent to an activating group) is 1. The van der Waals surface area contributed by atoms with Gasteiger partial charge in [0.1, 0.15) is 5.82 Å². The van der Waals surface area contributed by atoms with Gasteiger partial charge in [-0.3, -0.25) is 14.2 Å². The minimum Gasteiger partial charge on any atom is -0.311 e. The molecule has 2 heterocycles. The highest BCUT2D eigenvalue weighted by Gasteiger charge is 2.30. The number of carbonyl (C=O) groups is 1. The molecular weight excluding hydrogens is 569 g/mol. The largest absolute Gasteiger partial charge is 0.311 e. The summed E-state index contributed by atoms with van der Waals surface area (Å²) in [6, 6.07) is 20.7. The van der Waals surface area contributed by atoms with E-state index in [2.05, 4.69) is 38.5 Å². The van der Waals surface area contributed by atoms with Crippen LogP contribution < -0.4 is 10.5 Å². The van der Waals surface area contributed by atoms with Gasteiger partial charge in [0, 0.05) is 20.7 Å². The highest BCUT2D eigenvalue weighted by molar-refractivity contribution is 14.1. The number of hydrogen-bond acceptors (Lipinski definition) is 3. The van der Waals surface area contributed by atoms with Crippen LogP contribution in [-0.2, 0) is 4.79 Å². The molecule has 0 N–H and O–H groups in total. The highest BCUT2D eigenvalue weighted by Crippen LogP contribution is 2.38. The molecule has 0 spiro atoms. The lowest BCUT2D eigenvalue weighted by atomic mass is 10.1. The van der Waals surface area contributed by atoms with E-state index < -0.39 is 0 Å². The van der Waals surface area contributed by atoms with Crippen molar-refractivity contribution in [2.24, 2.45) is 0 Å². The first-order chi connectivity index (χ1) is 14.9. The molecule has 0 radical (unpaired) electrons. The normalized spacial score (nSPS) is 14.5. The van der Waals surface area contributed by atoms with Crippen LogP contribution in [0.25, 0.3) is 28.2 Å². The summed E-state index contributed by atoms with van der Waals surface area (Å²) in [5.41, 5.74) is 3.25. The number of anilines is 1. The van der Waals surface area contributed by atoms with Gasteiger partial charge >= 0.3 is 0 Å². The summed E-state index contributed by atoms with van der Waals surface area (Å²) in [5, 5.41) is 0.538. The van der Waals surface area contributed by atoms with Crippen molar-refractivity contribution < 1.29 is 4.79 Å². The van der Waals surface area contributed by atoms with Crippen LogP contribution in [0.5, 0.6) is 0 Å². The molecule has 0 unspecified atom stereocenters. The fourth-order valence-electron chi connectivity index (χ4n) is 3.79. The van der Waals surface area contributed by atoms with Gasteiger partial charge in [0.15, 0.2) is 0 Å². The molecule has 5 nitrogen and oxygen atoms in total. The molecule has 7 heteroatoms. The Bertz CT molecular complexity index is 1460. The second kappa shape index (κ2) is 7.72. The maximum atomic E-state index is 13.5. The van der Waals surface area contributed by atoms with Crippen LogP contribution in [0.15, 0.2) is 76.0 Å². The molecule has 0 aliphatic carbocycles. The predicted molar refractivity (Wildman–Crippen MR) is 135 cm³/mol. The van der Waals surface area contributed by atoms with Gasteiger partial charge in [0.25, 0.3) is 11.5 Å². The smallest absolute Gasteiger partial charge is 0.266 e. The van der Waals surface area contributed by atoms with Crippen molar-refractivity contribution in [2.45, 2.75) is 0 Å². The van der Waals surface area contributed by atoms with Crippen molar-refractivity contribution in [3.8, 4) is 5.69 Å². The molecule has 1 aromatic heterocycles. The van der Waals surface area contributed by atoms with Crippen molar-refractivity contribution in [2.75, 3.05) is 11.9 Å². The molecule has 1 aliphatic heterocycles. The molecule has 152 valence electrons. The molecule has 1 aliphatic rings. The lowest BCUT2D eigenvalue weighted by molar-refractivity contribution is -0.112. The van der Waals surface area contributed by atoms with Crippen molar-refractivity contribution in [1.29, 1.82) is 0 Å². The van der Waals surface area contributed by atoms with E-state index in [1.165, 1.54) is 0 Å². The van der Waals surface area contributed by atoms with Gasteiger partial charge in [0.05, 0.1) is 27.9 Å². The number of amides is 1. The number of rotatable bonds is 2. The number of nitrogens with zero attached hydrogens (tertiary/aromatic N) is 3. The number of halogens is 2. The summed E-state index contributed by atoms with van der Waals surface area (Å²) in [5.74, 6) is 0.277. The molecule has 0 saturated carbocycles. The fourth-order valence-corrected chi connectivity index (χ4v) is 4.64. The highest BCUT2D eigenvalue weighted by atomic mass is 127. The van der Waals surface area contributed by atoms with Crippen molar-refractivity contribution in [1.82, 2.24) is 9.55 Å². The monoisotopic (exact) mass is 583 g/mol. The summed E-state index contributed by atoms with van der Waals surface area (Å²) in [6.07, 6.45) is 1.71. The van der Waals surface area contributed by atoms with E-state index >= 15 is 0 Å². The summed E-state index contributed by atoms with van der Waals surface area (Å²) >= 11 is 5.68. The van der Waals surface area contributed by atoms with Crippen LogP contribution in [0.4, 0.5) is 5.69 Å². The molecule has 4 aromatic rings. The molecular formula is C24H15BrIN3O2. The molecule has 0 saturated heterocycles. The SMILES string of the molecule is CN1C(=O)/C(=C\c2nc3ccc(I)cc3c(=O)n2-c2ccccc2)c2cc(Br)ccc21. The number of para-hydroxylation sites is 1. The Morgan fingerprint density at radius 3 is 2.55 bits per heavy atom. The molecule has 0 bridgehead atoms. The first kappa shape index (κ1) is 20.1. The molecule has 0 fully saturated rings. The van der Waals surface area contributed by atoms with Gasteiger partial charge in [-0.2, -0.15) is 0 Å². The summed E-state index contributed by atoms with van der Waals surface area (Å²) < 4.78 is 3.40. The average Bonchev–Trinajstić information content (AvgIpc) is 2.99. The quantitative estimate of drug-likeness (QED) is 0.239. The fraction of sp³-hybridized carbons (Fsp3) is 0.0417. The van der Waals surface area contributed by atoms with Gasteiger partial charge in [-0.25, -0.2) is 4.98 Å². The van der Waals surface area contributed by atoms with Crippen molar-refractivity contribution >= 4 is 72.7 Å². The summed E-state index contributed by atoms with van der Waals surface area (Å²) in [6.45, 7) is 0. The number of carbonyl (C=O) groups excluding carboxylic acids is 1. The predicted octanol–water partition coefficient (Wildman–Crippen LogP) is 5.27. The van der Waals surface area contributed by atoms with Gasteiger partial charge in [0.2, 0.25) is 0 Å². The van der Waals surface area contributed by atoms with Gasteiger partial charge < -0.3 is 4.90 Å². The minimum atomic E-state index is -0.171. The maximum Gasteiger partial charge on any atom is 0.266 e. The zero-order valence-corrected chi connectivity index (χ0v) is 20.1. The Kier molecular flexibility index (Phi) is 5.02. The number of aromatic nitrogens is 2. The molecule has 31 heavy (non-hydrogen) atoms. The van der Waals surface area contributed by atoms with Crippen molar-refractivity contribution in [3.05, 3.63) is 96.5 Å². The first-order valence-corrected chi connectivity index (χ1v) is 11.4. The van der Waals surface area contributed by atoms with Gasteiger partial charge in [-0.1, -0.05) is 34.1 Å². The average molecular weight is 584 g/mol. The maximum absolute atomic E-state index is 13.5. The zero-order valence-electron chi connectivity index (χ0n) is 16.3. The van der Waals surface area contributed by atoms with Crippen LogP contribution >= 0.6 is 38.5 Å². The van der Waals surface area contributed by atoms with E-state index in [0.717, 1.165) is 19.3 Å². The Labute approximate surface area is 200 Å². The molecule has 0 atom stereocenters. The minimum absolute atomic E-state index is 0.135. The second-order valence-corrected chi connectivity index (χ2v) is 9.35. The Balaban J connectivity index is 1.84. The summed E-state index contributed by atoms with van der Waals surface area (Å²) in [4.78, 5) is 32.9.